The van der Waals surface area contributed by atoms with Crippen molar-refractivity contribution in [3.63, 3.8) is 0 Å². The molecule has 2 heterocycles. The molecular formula is C11H15N5O2S. The van der Waals surface area contributed by atoms with E-state index in [4.69, 9.17) is 4.52 Å². The summed E-state index contributed by atoms with van der Waals surface area (Å²) in [5, 5.41) is 13.4. The molecule has 0 aromatic carbocycles. The Morgan fingerprint density at radius 2 is 2.42 bits per heavy atom. The summed E-state index contributed by atoms with van der Waals surface area (Å²) in [4.78, 5) is 16.2. The Kier molecular flexibility index (Phi) is 4.20. The number of nitrogens with one attached hydrogen (secondary N) is 2. The van der Waals surface area contributed by atoms with Gasteiger partial charge in [-0.2, -0.15) is 0 Å². The van der Waals surface area contributed by atoms with Gasteiger partial charge in [-0.3, -0.25) is 15.2 Å². The van der Waals surface area contributed by atoms with Crippen LogP contribution in [0, 0.1) is 6.92 Å². The number of thioether (sulfide) groups is 1. The molecule has 1 unspecified atom stereocenters. The molecule has 0 fully saturated rings. The summed E-state index contributed by atoms with van der Waals surface area (Å²) in [6.45, 7) is 5.56. The van der Waals surface area contributed by atoms with Crippen molar-refractivity contribution in [1.82, 2.24) is 20.3 Å². The van der Waals surface area contributed by atoms with Crippen LogP contribution in [0.3, 0.4) is 0 Å². The lowest BCUT2D eigenvalue weighted by Crippen LogP contribution is -2.22. The minimum atomic E-state index is -0.328. The van der Waals surface area contributed by atoms with Crippen molar-refractivity contribution in [2.45, 2.75) is 37.6 Å². The number of carbonyl (C=O) groups is 1. The highest BCUT2D eigenvalue weighted by atomic mass is 32.2. The van der Waals surface area contributed by atoms with Gasteiger partial charge in [-0.1, -0.05) is 23.8 Å². The van der Waals surface area contributed by atoms with E-state index < -0.39 is 0 Å². The molecule has 1 atom stereocenters. The first kappa shape index (κ1) is 13.6. The first-order valence-corrected chi connectivity index (χ1v) is 6.78. The molecule has 0 aliphatic rings. The van der Waals surface area contributed by atoms with Crippen LogP contribution in [0.15, 0.2) is 15.7 Å². The summed E-state index contributed by atoms with van der Waals surface area (Å²) in [5.41, 5.74) is 0.720. The maximum absolute atomic E-state index is 11.9. The van der Waals surface area contributed by atoms with E-state index in [0.717, 1.165) is 17.9 Å². The van der Waals surface area contributed by atoms with E-state index >= 15 is 0 Å². The van der Waals surface area contributed by atoms with E-state index in [-0.39, 0.29) is 11.2 Å². The van der Waals surface area contributed by atoms with Gasteiger partial charge in [-0.05, 0) is 13.8 Å². The van der Waals surface area contributed by atoms with Crippen molar-refractivity contribution in [1.29, 1.82) is 0 Å². The van der Waals surface area contributed by atoms with Crippen molar-refractivity contribution < 1.29 is 9.32 Å². The standard InChI is InChI=1S/C11H15N5O2S/c1-4-8-12-11(15-14-8)19-7(3)10(17)13-9-5-6(2)16-18-9/h5,7H,4H2,1-3H3,(H,13,17)(H,12,14,15). The molecule has 0 bridgehead atoms. The summed E-state index contributed by atoms with van der Waals surface area (Å²) in [6.07, 6.45) is 0.783. The number of aromatic nitrogens is 4. The van der Waals surface area contributed by atoms with Crippen LogP contribution in [0.5, 0.6) is 0 Å². The van der Waals surface area contributed by atoms with Gasteiger partial charge >= 0.3 is 0 Å². The fourth-order valence-corrected chi connectivity index (χ4v) is 2.09. The molecule has 7 nitrogen and oxygen atoms in total. The predicted octanol–water partition coefficient (Wildman–Crippen LogP) is 1.78. The second-order valence-corrected chi connectivity index (χ2v) is 5.31. The fraction of sp³-hybridized carbons (Fsp3) is 0.455. The van der Waals surface area contributed by atoms with Gasteiger partial charge in [0.1, 0.15) is 5.82 Å². The van der Waals surface area contributed by atoms with E-state index in [1.165, 1.54) is 11.8 Å². The monoisotopic (exact) mass is 281 g/mol. The minimum absolute atomic E-state index is 0.177. The molecule has 19 heavy (non-hydrogen) atoms. The van der Waals surface area contributed by atoms with Gasteiger partial charge in [-0.15, -0.1) is 5.10 Å². The van der Waals surface area contributed by atoms with Crippen LogP contribution in [0.4, 0.5) is 5.88 Å². The van der Waals surface area contributed by atoms with Crippen molar-refractivity contribution in [2.24, 2.45) is 0 Å². The van der Waals surface area contributed by atoms with Gasteiger partial charge in [0, 0.05) is 12.5 Å². The molecular weight excluding hydrogens is 266 g/mol. The number of hydrogen-bond donors (Lipinski definition) is 2. The molecule has 1 amide bonds. The average Bonchev–Trinajstić information content (AvgIpc) is 2.98. The number of nitrogens with zero attached hydrogens (tertiary/aromatic N) is 3. The van der Waals surface area contributed by atoms with Gasteiger partial charge in [0.2, 0.25) is 16.9 Å². The number of aromatic amines is 1. The van der Waals surface area contributed by atoms with Gasteiger partial charge < -0.3 is 4.52 Å². The van der Waals surface area contributed by atoms with Crippen molar-refractivity contribution >= 4 is 23.6 Å². The highest BCUT2D eigenvalue weighted by Crippen LogP contribution is 2.20. The maximum atomic E-state index is 11.9. The van der Waals surface area contributed by atoms with E-state index in [1.54, 1.807) is 19.9 Å². The zero-order valence-electron chi connectivity index (χ0n) is 10.9. The van der Waals surface area contributed by atoms with Gasteiger partial charge in [0.05, 0.1) is 10.9 Å². The number of amides is 1. The summed E-state index contributed by atoms with van der Waals surface area (Å²) in [7, 11) is 0. The van der Waals surface area contributed by atoms with Crippen LogP contribution in [0.1, 0.15) is 25.4 Å². The number of aryl methyl sites for hydroxylation is 2. The van der Waals surface area contributed by atoms with Crippen molar-refractivity contribution in [2.75, 3.05) is 5.32 Å². The van der Waals surface area contributed by atoms with E-state index in [9.17, 15) is 4.79 Å². The summed E-state index contributed by atoms with van der Waals surface area (Å²) in [5.74, 6) is 0.976. The largest absolute Gasteiger partial charge is 0.338 e. The molecule has 0 aliphatic carbocycles. The quantitative estimate of drug-likeness (QED) is 0.811. The van der Waals surface area contributed by atoms with Crippen LogP contribution in [0.25, 0.3) is 0 Å². The molecule has 2 aromatic heterocycles. The Labute approximate surface area is 114 Å². The Hall–Kier alpha value is -1.83. The molecule has 0 spiro atoms. The minimum Gasteiger partial charge on any atom is -0.338 e. The highest BCUT2D eigenvalue weighted by molar-refractivity contribution is 8.00. The number of anilines is 1. The lowest BCUT2D eigenvalue weighted by Gasteiger charge is -2.07. The smallest absolute Gasteiger partial charge is 0.240 e. The Morgan fingerprint density at radius 3 is 3.00 bits per heavy atom. The van der Waals surface area contributed by atoms with Gasteiger partial charge in [0.25, 0.3) is 0 Å². The molecule has 2 N–H and O–H groups in total. The normalized spacial score (nSPS) is 12.4. The van der Waals surface area contributed by atoms with Crippen LogP contribution in [-0.2, 0) is 11.2 Å². The molecule has 0 saturated carbocycles. The molecule has 8 heteroatoms. The third-order valence-corrected chi connectivity index (χ3v) is 3.33. The maximum Gasteiger partial charge on any atom is 0.240 e. The topological polar surface area (TPSA) is 96.7 Å². The number of carbonyl (C=O) groups excluding carboxylic acids is 1. The molecule has 102 valence electrons. The van der Waals surface area contributed by atoms with E-state index in [0.29, 0.717) is 11.0 Å². The van der Waals surface area contributed by atoms with Crippen LogP contribution in [-0.4, -0.2) is 31.5 Å². The SMILES string of the molecule is CCc1nc(SC(C)C(=O)Nc2cc(C)no2)n[nH]1. The first-order valence-electron chi connectivity index (χ1n) is 5.90. The molecule has 2 aromatic rings. The second kappa shape index (κ2) is 5.87. The van der Waals surface area contributed by atoms with E-state index in [2.05, 4.69) is 25.7 Å². The molecule has 0 aliphatic heterocycles. The zero-order valence-corrected chi connectivity index (χ0v) is 11.7. The molecule has 0 saturated heterocycles. The lowest BCUT2D eigenvalue weighted by atomic mass is 10.4. The highest BCUT2D eigenvalue weighted by Gasteiger charge is 2.18. The van der Waals surface area contributed by atoms with Crippen molar-refractivity contribution in [3.05, 3.63) is 17.6 Å². The number of rotatable bonds is 5. The summed E-state index contributed by atoms with van der Waals surface area (Å²) < 4.78 is 4.93. The molecule has 2 rings (SSSR count). The first-order chi connectivity index (χ1) is 9.08. The van der Waals surface area contributed by atoms with Crippen LogP contribution in [0.2, 0.25) is 0 Å². The number of hydrogen-bond acceptors (Lipinski definition) is 6. The fourth-order valence-electron chi connectivity index (χ4n) is 1.35. The molecule has 0 radical (unpaired) electrons. The van der Waals surface area contributed by atoms with Gasteiger partial charge in [0.15, 0.2) is 0 Å². The third-order valence-electron chi connectivity index (χ3n) is 2.37. The predicted molar refractivity (Wildman–Crippen MR) is 70.9 cm³/mol. The van der Waals surface area contributed by atoms with E-state index in [1.807, 2.05) is 6.92 Å². The van der Waals surface area contributed by atoms with Crippen LogP contribution >= 0.6 is 11.8 Å². The summed E-state index contributed by atoms with van der Waals surface area (Å²) >= 11 is 1.29. The van der Waals surface area contributed by atoms with Gasteiger partial charge in [-0.25, -0.2) is 4.98 Å². The third kappa shape index (κ3) is 3.57. The second-order valence-electron chi connectivity index (χ2n) is 4.00. The summed E-state index contributed by atoms with van der Waals surface area (Å²) in [6, 6.07) is 1.66. The Balaban J connectivity index is 1.91. The van der Waals surface area contributed by atoms with Crippen molar-refractivity contribution in [3.8, 4) is 0 Å². The van der Waals surface area contributed by atoms with Crippen LogP contribution < -0.4 is 5.32 Å². The average molecular weight is 281 g/mol. The number of H-pyrrole nitrogens is 1. The Morgan fingerprint density at radius 1 is 1.63 bits per heavy atom. The lowest BCUT2D eigenvalue weighted by molar-refractivity contribution is -0.115. The zero-order chi connectivity index (χ0) is 13.8. The Bertz CT molecular complexity index is 565.